The number of halogens is 7. The summed E-state index contributed by atoms with van der Waals surface area (Å²) < 4.78 is 118. The van der Waals surface area contributed by atoms with Gasteiger partial charge >= 0.3 is 12.4 Å². The standard InChI is InChI=1S/C25H28F3N3O3S.C21H20F3N3O2.CH4O.ClH/c1-5-31-22(34-20-11-9-18(10-12-20)25(26,27)28)14-21(29-31)17-7-6-8-19(13-17)24(15-33-16-24)30-35(32)23(2,3)4;1-2-27-19(29-17-8-6-15(7-9-17)21(22,23)24)11-18(26-27)14-4-3-5-16(10-14)20(25)12-28-13-20;1-2;/h6-14,30H,5,15-16H2,1-4H3;3-11H,2,12-13,25H2,1H3;2H,1H3;1H. The normalized spacial score (nSPS) is 15.6. The van der Waals surface area contributed by atoms with Crippen molar-refractivity contribution < 1.29 is 54.6 Å². The lowest BCUT2D eigenvalue weighted by molar-refractivity contribution is -0.138. The van der Waals surface area contributed by atoms with Gasteiger partial charge in [-0.15, -0.1) is 12.4 Å². The summed E-state index contributed by atoms with van der Waals surface area (Å²) in [5.74, 6) is 1.45. The highest BCUT2D eigenvalue weighted by molar-refractivity contribution is 7.84. The van der Waals surface area contributed by atoms with Gasteiger partial charge in [0.05, 0.1) is 70.2 Å². The number of aromatic nitrogens is 4. The van der Waals surface area contributed by atoms with E-state index < -0.39 is 50.3 Å². The summed E-state index contributed by atoms with van der Waals surface area (Å²) in [7, 11) is -0.278. The quantitative estimate of drug-likeness (QED) is 0.102. The van der Waals surface area contributed by atoms with Gasteiger partial charge in [-0.2, -0.15) is 36.5 Å². The maximum absolute atomic E-state index is 12.8. The van der Waals surface area contributed by atoms with Gasteiger partial charge < -0.3 is 29.8 Å². The van der Waals surface area contributed by atoms with Gasteiger partial charge in [0.15, 0.2) is 0 Å². The molecule has 1 atom stereocenters. The molecule has 4 heterocycles. The van der Waals surface area contributed by atoms with Crippen molar-refractivity contribution in [1.82, 2.24) is 24.3 Å². The minimum atomic E-state index is -4.40. The highest BCUT2D eigenvalue weighted by Crippen LogP contribution is 2.37. The summed E-state index contributed by atoms with van der Waals surface area (Å²) in [5.41, 5.74) is 8.80. The SMILES string of the molecule is CCn1nc(-c2cccc(C3(N)COC3)c2)cc1Oc1ccc(C(F)(F)F)cc1.CCn1nc(-c2cccc(C3(NS(=O)C(C)(C)C)COC3)c2)cc1Oc1ccc(C(F)(F)F)cc1.CO.Cl. The fourth-order valence-electron chi connectivity index (χ4n) is 6.74. The first-order valence-electron chi connectivity index (χ1n) is 20.9. The molecule has 67 heavy (non-hydrogen) atoms. The van der Waals surface area contributed by atoms with Crippen LogP contribution in [0.4, 0.5) is 26.3 Å². The zero-order chi connectivity index (χ0) is 48.1. The lowest BCUT2D eigenvalue weighted by Crippen LogP contribution is -2.59. The van der Waals surface area contributed by atoms with Crippen LogP contribution in [0.2, 0.25) is 0 Å². The van der Waals surface area contributed by atoms with Crippen LogP contribution in [0.3, 0.4) is 0 Å². The van der Waals surface area contributed by atoms with Crippen molar-refractivity contribution in [2.24, 2.45) is 5.73 Å². The van der Waals surface area contributed by atoms with Gasteiger partial charge in [0.1, 0.15) is 17.0 Å². The van der Waals surface area contributed by atoms with Crippen LogP contribution in [0.5, 0.6) is 23.3 Å². The molecule has 2 saturated heterocycles. The summed E-state index contributed by atoms with van der Waals surface area (Å²) in [6, 6.07) is 28.2. The first-order valence-corrected chi connectivity index (χ1v) is 22.0. The van der Waals surface area contributed by atoms with Crippen molar-refractivity contribution in [3.05, 3.63) is 131 Å². The number of benzene rings is 4. The number of rotatable bonds is 12. The lowest BCUT2D eigenvalue weighted by atomic mass is 9.88. The molecule has 0 amide bonds. The van der Waals surface area contributed by atoms with Crippen molar-refractivity contribution in [1.29, 1.82) is 0 Å². The third-order valence-corrected chi connectivity index (χ3v) is 12.3. The second-order valence-electron chi connectivity index (χ2n) is 16.5. The number of hydrogen-bond acceptors (Lipinski definition) is 9. The number of ether oxygens (including phenoxy) is 4. The molecule has 12 nitrogen and oxygen atoms in total. The number of alkyl halides is 6. The summed E-state index contributed by atoms with van der Waals surface area (Å²) >= 11 is 0. The summed E-state index contributed by atoms with van der Waals surface area (Å²) in [6.07, 6.45) is -8.78. The first kappa shape index (κ1) is 52.7. The molecule has 6 aromatic rings. The third kappa shape index (κ3) is 12.4. The average molecular weight is 979 g/mol. The Hall–Kier alpha value is -5.28. The van der Waals surface area contributed by atoms with E-state index in [0.717, 1.165) is 53.6 Å². The Balaban J connectivity index is 0.000000242. The van der Waals surface area contributed by atoms with E-state index in [1.54, 1.807) is 21.5 Å². The molecule has 2 aliphatic rings. The zero-order valence-electron chi connectivity index (χ0n) is 37.6. The van der Waals surface area contributed by atoms with E-state index in [-0.39, 0.29) is 18.2 Å². The zero-order valence-corrected chi connectivity index (χ0v) is 39.2. The summed E-state index contributed by atoms with van der Waals surface area (Å²) in [4.78, 5) is 0. The number of nitrogens with zero attached hydrogens (tertiary/aromatic N) is 4. The third-order valence-electron chi connectivity index (χ3n) is 10.6. The van der Waals surface area contributed by atoms with E-state index in [4.69, 9.17) is 29.8 Å². The second-order valence-corrected chi connectivity index (χ2v) is 18.5. The molecule has 4 aromatic carbocycles. The number of aliphatic hydroxyl groups is 1. The topological polar surface area (TPSA) is 148 Å². The summed E-state index contributed by atoms with van der Waals surface area (Å²) in [5, 5.41) is 16.2. The monoisotopic (exact) mass is 978 g/mol. The van der Waals surface area contributed by atoms with Crippen molar-refractivity contribution in [2.75, 3.05) is 33.5 Å². The molecular formula is C47H53ClF6N6O6S. The molecule has 0 spiro atoms. The molecule has 0 saturated carbocycles. The Bertz CT molecular complexity index is 2590. The van der Waals surface area contributed by atoms with Gasteiger partial charge in [0, 0.05) is 43.5 Å². The van der Waals surface area contributed by atoms with Crippen LogP contribution in [0.15, 0.2) is 109 Å². The molecule has 4 N–H and O–H groups in total. The van der Waals surface area contributed by atoms with Gasteiger partial charge in [-0.1, -0.05) is 36.4 Å². The average Bonchev–Trinajstić information content (AvgIpc) is 3.88. The van der Waals surface area contributed by atoms with E-state index in [1.807, 2.05) is 83.1 Å². The van der Waals surface area contributed by atoms with Gasteiger partial charge in [0.2, 0.25) is 11.8 Å². The van der Waals surface area contributed by atoms with Crippen molar-refractivity contribution in [3.8, 4) is 45.8 Å². The molecule has 2 fully saturated rings. The minimum absolute atomic E-state index is 0. The number of hydrogen-bond donors (Lipinski definition) is 3. The number of nitrogens with two attached hydrogens (primary N) is 1. The van der Waals surface area contributed by atoms with E-state index >= 15 is 0 Å². The second kappa shape index (κ2) is 21.3. The van der Waals surface area contributed by atoms with Crippen molar-refractivity contribution >= 4 is 23.4 Å². The van der Waals surface area contributed by atoms with Gasteiger partial charge in [-0.3, -0.25) is 0 Å². The maximum atomic E-state index is 12.8. The van der Waals surface area contributed by atoms with E-state index in [9.17, 15) is 30.6 Å². The lowest BCUT2D eigenvalue weighted by Gasteiger charge is -2.43. The van der Waals surface area contributed by atoms with Crippen molar-refractivity contribution in [3.63, 3.8) is 0 Å². The molecule has 362 valence electrons. The van der Waals surface area contributed by atoms with Crippen molar-refractivity contribution in [2.45, 2.75) is 75.9 Å². The Labute approximate surface area is 393 Å². The van der Waals surface area contributed by atoms with Crippen LogP contribution in [0, 0.1) is 0 Å². The maximum Gasteiger partial charge on any atom is 0.416 e. The van der Waals surface area contributed by atoms with E-state index in [2.05, 4.69) is 14.9 Å². The Morgan fingerprint density at radius 1 is 0.672 bits per heavy atom. The van der Waals surface area contributed by atoms with Crippen LogP contribution in [0.25, 0.3) is 22.5 Å². The summed E-state index contributed by atoms with van der Waals surface area (Å²) in [6.45, 7) is 12.4. The smallest absolute Gasteiger partial charge is 0.416 e. The number of nitrogens with one attached hydrogen (secondary N) is 1. The largest absolute Gasteiger partial charge is 0.439 e. The molecular weight excluding hydrogens is 926 g/mol. The van der Waals surface area contributed by atoms with Gasteiger partial charge in [0.25, 0.3) is 0 Å². The fraction of sp³-hybridized carbons (Fsp3) is 0.362. The Morgan fingerprint density at radius 3 is 1.42 bits per heavy atom. The molecule has 1 unspecified atom stereocenters. The van der Waals surface area contributed by atoms with Crippen LogP contribution in [0.1, 0.15) is 56.9 Å². The number of aryl methyl sites for hydroxylation is 2. The molecule has 2 aromatic heterocycles. The first-order chi connectivity index (χ1) is 31.2. The highest BCUT2D eigenvalue weighted by atomic mass is 35.5. The minimum Gasteiger partial charge on any atom is -0.439 e. The van der Waals surface area contributed by atoms with E-state index in [1.165, 1.54) is 24.3 Å². The Morgan fingerprint density at radius 2 is 1.07 bits per heavy atom. The Kier molecular flexibility index (Phi) is 16.8. The molecule has 2 aliphatic heterocycles. The van der Waals surface area contributed by atoms with Crippen LogP contribution < -0.4 is 19.9 Å². The molecule has 20 heteroatoms. The van der Waals surface area contributed by atoms with Gasteiger partial charge in [-0.25, -0.2) is 18.3 Å². The molecule has 0 aliphatic carbocycles. The van der Waals surface area contributed by atoms with Crippen LogP contribution >= 0.6 is 12.4 Å². The fourth-order valence-corrected chi connectivity index (χ4v) is 7.64. The molecule has 0 bridgehead atoms. The van der Waals surface area contributed by atoms with Crippen LogP contribution in [-0.4, -0.2) is 67.2 Å². The highest BCUT2D eigenvalue weighted by Gasteiger charge is 2.44. The van der Waals surface area contributed by atoms with Gasteiger partial charge in [-0.05, 0) is 106 Å². The molecule has 0 radical (unpaired) electrons. The predicted octanol–water partition coefficient (Wildman–Crippen LogP) is 10.3. The number of aliphatic hydroxyl groups excluding tert-OH is 1. The molecule has 8 rings (SSSR count). The predicted molar refractivity (Wildman–Crippen MR) is 245 cm³/mol. The van der Waals surface area contributed by atoms with Crippen LogP contribution in [-0.2, 0) is 57.0 Å². The van der Waals surface area contributed by atoms with E-state index in [0.29, 0.717) is 68.4 Å².